The van der Waals surface area contributed by atoms with Crippen LogP contribution >= 0.6 is 0 Å². The fraction of sp³-hybridized carbons (Fsp3) is 0.571. The lowest BCUT2D eigenvalue weighted by Gasteiger charge is -2.32. The van der Waals surface area contributed by atoms with E-state index >= 15 is 0 Å². The normalized spacial score (nSPS) is 21.5. The summed E-state index contributed by atoms with van der Waals surface area (Å²) in [5.41, 5.74) is 8.31. The van der Waals surface area contributed by atoms with Crippen LogP contribution in [0.1, 0.15) is 37.3 Å². The zero-order valence-corrected chi connectivity index (χ0v) is 12.6. The number of hydrogen-bond donors (Lipinski definition) is 1. The van der Waals surface area contributed by atoms with Crippen molar-refractivity contribution in [3.63, 3.8) is 0 Å². The first-order valence-electron chi connectivity index (χ1n) is 6.72. The van der Waals surface area contributed by atoms with Gasteiger partial charge < -0.3 is 5.73 Å². The molecule has 0 aliphatic carbocycles. The second-order valence-electron chi connectivity index (χ2n) is 5.41. The van der Waals surface area contributed by atoms with Gasteiger partial charge in [0, 0.05) is 18.3 Å². The van der Waals surface area contributed by atoms with E-state index in [0.717, 1.165) is 30.4 Å². The predicted octanol–water partition coefficient (Wildman–Crippen LogP) is 2.45. The van der Waals surface area contributed by atoms with Crippen LogP contribution in [0.5, 0.6) is 0 Å². The van der Waals surface area contributed by atoms with Crippen LogP contribution in [-0.2, 0) is 10.0 Å². The number of nitrogens with zero attached hydrogens (tertiary/aromatic N) is 1. The van der Waals surface area contributed by atoms with E-state index in [1.54, 1.807) is 16.4 Å². The van der Waals surface area contributed by atoms with Gasteiger partial charge in [0.2, 0.25) is 10.0 Å². The van der Waals surface area contributed by atoms with Crippen LogP contribution in [-0.4, -0.2) is 25.3 Å². The number of aryl methyl sites for hydroxylation is 1. The second kappa shape index (κ2) is 5.13. The summed E-state index contributed by atoms with van der Waals surface area (Å²) < 4.78 is 27.0. The predicted molar refractivity (Wildman–Crippen MR) is 77.5 cm³/mol. The van der Waals surface area contributed by atoms with Crippen molar-refractivity contribution in [1.82, 2.24) is 4.31 Å². The number of rotatable bonds is 2. The van der Waals surface area contributed by atoms with Crippen LogP contribution in [0.25, 0.3) is 0 Å². The van der Waals surface area contributed by atoms with Gasteiger partial charge >= 0.3 is 0 Å². The smallest absolute Gasteiger partial charge is 0.243 e. The van der Waals surface area contributed by atoms with E-state index in [4.69, 9.17) is 5.73 Å². The Morgan fingerprint density at radius 3 is 2.53 bits per heavy atom. The lowest BCUT2D eigenvalue weighted by molar-refractivity contribution is 0.268. The highest BCUT2D eigenvalue weighted by Crippen LogP contribution is 2.28. The molecule has 0 aromatic heterocycles. The summed E-state index contributed by atoms with van der Waals surface area (Å²) in [7, 11) is -3.42. The summed E-state index contributed by atoms with van der Waals surface area (Å²) in [4.78, 5) is 0.321. The maximum atomic E-state index is 12.7. The Hall–Kier alpha value is -1.07. The Labute approximate surface area is 115 Å². The first kappa shape index (κ1) is 14.3. The Bertz CT molecular complexity index is 558. The minimum atomic E-state index is -3.42. The molecule has 0 radical (unpaired) electrons. The number of benzene rings is 1. The number of sulfonamides is 1. The Balaban J connectivity index is 2.44. The van der Waals surface area contributed by atoms with E-state index in [0.29, 0.717) is 17.1 Å². The van der Waals surface area contributed by atoms with Crippen LogP contribution in [0.4, 0.5) is 5.69 Å². The van der Waals surface area contributed by atoms with Gasteiger partial charge in [0.15, 0.2) is 0 Å². The lowest BCUT2D eigenvalue weighted by Crippen LogP contribution is -2.41. The van der Waals surface area contributed by atoms with Crippen LogP contribution < -0.4 is 5.73 Å². The molecule has 1 aromatic carbocycles. The standard InChI is InChI=1S/C14H22N2O2S/c1-10-8-13(9-14(15)12(10)3)19(17,18)16-7-5-4-6-11(16)2/h8-9,11H,4-7,15H2,1-3H3. The molecule has 0 saturated carbocycles. The number of hydrogen-bond acceptors (Lipinski definition) is 3. The molecule has 1 aliphatic rings. The first-order valence-corrected chi connectivity index (χ1v) is 8.16. The molecule has 1 unspecified atom stereocenters. The molecule has 0 amide bonds. The topological polar surface area (TPSA) is 63.4 Å². The van der Waals surface area contributed by atoms with Gasteiger partial charge in [-0.25, -0.2) is 8.42 Å². The largest absolute Gasteiger partial charge is 0.398 e. The van der Waals surface area contributed by atoms with Crippen molar-refractivity contribution in [2.45, 2.75) is 51.0 Å². The van der Waals surface area contributed by atoms with E-state index in [9.17, 15) is 8.42 Å². The second-order valence-corrected chi connectivity index (χ2v) is 7.31. The third-order valence-corrected chi connectivity index (χ3v) is 6.02. The van der Waals surface area contributed by atoms with Gasteiger partial charge in [-0.15, -0.1) is 0 Å². The van der Waals surface area contributed by atoms with E-state index in [1.807, 2.05) is 20.8 Å². The van der Waals surface area contributed by atoms with Crippen molar-refractivity contribution in [1.29, 1.82) is 0 Å². The summed E-state index contributed by atoms with van der Waals surface area (Å²) in [5, 5.41) is 0. The van der Waals surface area contributed by atoms with Crippen LogP contribution in [0.2, 0.25) is 0 Å². The van der Waals surface area contributed by atoms with Gasteiger partial charge in [0.05, 0.1) is 4.90 Å². The Kier molecular flexibility index (Phi) is 3.87. The third kappa shape index (κ3) is 2.62. The minimum Gasteiger partial charge on any atom is -0.398 e. The SMILES string of the molecule is Cc1cc(S(=O)(=O)N2CCCCC2C)cc(N)c1C. The molecular weight excluding hydrogens is 260 g/mol. The molecule has 106 valence electrons. The zero-order chi connectivity index (χ0) is 14.2. The minimum absolute atomic E-state index is 0.0709. The quantitative estimate of drug-likeness (QED) is 0.847. The molecule has 4 nitrogen and oxygen atoms in total. The molecule has 1 aromatic rings. The molecule has 1 aliphatic heterocycles. The summed E-state index contributed by atoms with van der Waals surface area (Å²) in [6.07, 6.45) is 2.96. The molecule has 1 atom stereocenters. The molecule has 2 N–H and O–H groups in total. The van der Waals surface area contributed by atoms with Gasteiger partial charge in [-0.2, -0.15) is 4.31 Å². The summed E-state index contributed by atoms with van der Waals surface area (Å²) in [5.74, 6) is 0. The number of anilines is 1. The van der Waals surface area contributed by atoms with Gasteiger partial charge in [-0.1, -0.05) is 6.42 Å². The molecule has 5 heteroatoms. The molecule has 1 fully saturated rings. The van der Waals surface area contributed by atoms with Crippen molar-refractivity contribution in [2.24, 2.45) is 0 Å². The van der Waals surface area contributed by atoms with Gasteiger partial charge in [-0.3, -0.25) is 0 Å². The molecule has 1 saturated heterocycles. The van der Waals surface area contributed by atoms with Crippen LogP contribution in [0, 0.1) is 13.8 Å². The fourth-order valence-electron chi connectivity index (χ4n) is 2.57. The van der Waals surface area contributed by atoms with Gasteiger partial charge in [-0.05, 0) is 56.9 Å². The van der Waals surface area contributed by atoms with Gasteiger partial charge in [0.25, 0.3) is 0 Å². The zero-order valence-electron chi connectivity index (χ0n) is 11.8. The molecule has 2 rings (SSSR count). The molecular formula is C14H22N2O2S. The third-order valence-electron chi connectivity index (χ3n) is 4.03. The summed E-state index contributed by atoms with van der Waals surface area (Å²) in [6, 6.07) is 3.38. The van der Waals surface area contributed by atoms with Crippen molar-refractivity contribution in [3.8, 4) is 0 Å². The highest BCUT2D eigenvalue weighted by atomic mass is 32.2. The number of piperidine rings is 1. The molecule has 19 heavy (non-hydrogen) atoms. The van der Waals surface area contributed by atoms with E-state index in [1.165, 1.54) is 0 Å². The summed E-state index contributed by atoms with van der Waals surface area (Å²) in [6.45, 7) is 6.38. The van der Waals surface area contributed by atoms with Crippen molar-refractivity contribution < 1.29 is 8.42 Å². The first-order chi connectivity index (χ1) is 8.84. The molecule has 0 spiro atoms. The van der Waals surface area contributed by atoms with E-state index < -0.39 is 10.0 Å². The monoisotopic (exact) mass is 282 g/mol. The van der Waals surface area contributed by atoms with Crippen molar-refractivity contribution in [3.05, 3.63) is 23.3 Å². The number of nitrogens with two attached hydrogens (primary N) is 1. The van der Waals surface area contributed by atoms with E-state index in [-0.39, 0.29) is 6.04 Å². The average Bonchev–Trinajstić information content (AvgIpc) is 2.35. The van der Waals surface area contributed by atoms with E-state index in [2.05, 4.69) is 0 Å². The van der Waals surface area contributed by atoms with Gasteiger partial charge in [0.1, 0.15) is 0 Å². The maximum absolute atomic E-state index is 12.7. The van der Waals surface area contributed by atoms with Crippen LogP contribution in [0.3, 0.4) is 0 Å². The Morgan fingerprint density at radius 1 is 1.26 bits per heavy atom. The highest BCUT2D eigenvalue weighted by molar-refractivity contribution is 7.89. The fourth-order valence-corrected chi connectivity index (χ4v) is 4.39. The van der Waals surface area contributed by atoms with Crippen LogP contribution in [0.15, 0.2) is 17.0 Å². The number of nitrogen functional groups attached to an aromatic ring is 1. The average molecular weight is 282 g/mol. The summed E-state index contributed by atoms with van der Waals surface area (Å²) >= 11 is 0. The lowest BCUT2D eigenvalue weighted by atomic mass is 10.1. The van der Waals surface area contributed by atoms with Crippen molar-refractivity contribution >= 4 is 15.7 Å². The molecule has 1 heterocycles. The maximum Gasteiger partial charge on any atom is 0.243 e. The van der Waals surface area contributed by atoms with Crippen molar-refractivity contribution in [2.75, 3.05) is 12.3 Å². The highest BCUT2D eigenvalue weighted by Gasteiger charge is 2.31. The Morgan fingerprint density at radius 2 is 1.95 bits per heavy atom. The molecule has 0 bridgehead atoms.